The van der Waals surface area contributed by atoms with Gasteiger partial charge in [-0.2, -0.15) is 0 Å². The molecule has 2 heterocycles. The van der Waals surface area contributed by atoms with Gasteiger partial charge in [-0.05, 0) is 38.8 Å². The normalized spacial score (nSPS) is 11.0. The van der Waals surface area contributed by atoms with Crippen molar-refractivity contribution in [1.82, 2.24) is 9.38 Å². The molecule has 0 amide bonds. The summed E-state index contributed by atoms with van der Waals surface area (Å²) in [6.45, 7) is 9.97. The third kappa shape index (κ3) is 2.86. The summed E-state index contributed by atoms with van der Waals surface area (Å²) in [6, 6.07) is 1.96. The number of carboxylic acids is 1. The molecule has 0 aliphatic carbocycles. The van der Waals surface area contributed by atoms with Crippen LogP contribution in [0.3, 0.4) is 0 Å². The molecule has 0 bridgehead atoms. The number of hydrogen-bond acceptors (Lipinski definition) is 3. The number of nitrogens with zero attached hydrogens (tertiary/aromatic N) is 3. The standard InChI is InChI=1S/C16H23N3O2/c1-5-7-8-18(6-2)13-10-19-14(9-11(13)3)17-12(4)15(19)16(20)21/h9-10H,5-8H2,1-4H3,(H,20,21). The molecule has 114 valence electrons. The van der Waals surface area contributed by atoms with Crippen LogP contribution in [-0.2, 0) is 0 Å². The van der Waals surface area contributed by atoms with E-state index in [-0.39, 0.29) is 5.69 Å². The molecule has 0 atom stereocenters. The highest BCUT2D eigenvalue weighted by Crippen LogP contribution is 2.24. The van der Waals surface area contributed by atoms with Crippen molar-refractivity contribution >= 4 is 17.3 Å². The number of unbranched alkanes of at least 4 members (excludes halogenated alkanes) is 1. The van der Waals surface area contributed by atoms with E-state index in [9.17, 15) is 9.90 Å². The summed E-state index contributed by atoms with van der Waals surface area (Å²) in [5, 5.41) is 9.38. The number of fused-ring (bicyclic) bond motifs is 1. The van der Waals surface area contributed by atoms with Gasteiger partial charge in [-0.1, -0.05) is 13.3 Å². The van der Waals surface area contributed by atoms with E-state index in [0.29, 0.717) is 11.3 Å². The fourth-order valence-corrected chi connectivity index (χ4v) is 2.68. The minimum atomic E-state index is -0.939. The first kappa shape index (κ1) is 15.4. The number of aromatic nitrogens is 2. The molecule has 0 saturated heterocycles. The van der Waals surface area contributed by atoms with Crippen molar-refractivity contribution in [3.8, 4) is 0 Å². The summed E-state index contributed by atoms with van der Waals surface area (Å²) in [7, 11) is 0. The third-order valence-corrected chi connectivity index (χ3v) is 3.82. The molecule has 0 spiro atoms. The van der Waals surface area contributed by atoms with Crippen LogP contribution >= 0.6 is 0 Å². The van der Waals surface area contributed by atoms with Crippen molar-refractivity contribution in [3.05, 3.63) is 29.2 Å². The van der Waals surface area contributed by atoms with Crippen molar-refractivity contribution in [2.75, 3.05) is 18.0 Å². The van der Waals surface area contributed by atoms with Crippen molar-refractivity contribution < 1.29 is 9.90 Å². The second kappa shape index (κ2) is 6.16. The zero-order valence-corrected chi connectivity index (χ0v) is 13.2. The van der Waals surface area contributed by atoms with Crippen LogP contribution in [0.5, 0.6) is 0 Å². The first-order chi connectivity index (χ1) is 9.99. The minimum Gasteiger partial charge on any atom is -0.477 e. The Morgan fingerprint density at radius 2 is 2.10 bits per heavy atom. The topological polar surface area (TPSA) is 57.8 Å². The first-order valence-electron chi connectivity index (χ1n) is 7.47. The summed E-state index contributed by atoms with van der Waals surface area (Å²) in [5.74, 6) is -0.939. The Labute approximate surface area is 125 Å². The second-order valence-corrected chi connectivity index (χ2v) is 5.35. The Morgan fingerprint density at radius 1 is 1.38 bits per heavy atom. The van der Waals surface area contributed by atoms with E-state index in [0.717, 1.165) is 37.2 Å². The molecule has 0 unspecified atom stereocenters. The number of hydrogen-bond donors (Lipinski definition) is 1. The van der Waals surface area contributed by atoms with E-state index in [1.54, 1.807) is 11.3 Å². The minimum absolute atomic E-state index is 0.248. The fraction of sp³-hybridized carbons (Fsp3) is 0.500. The molecule has 5 nitrogen and oxygen atoms in total. The lowest BCUT2D eigenvalue weighted by atomic mass is 10.2. The Kier molecular flexibility index (Phi) is 4.50. The van der Waals surface area contributed by atoms with Crippen LogP contribution in [-0.4, -0.2) is 33.6 Å². The maximum absolute atomic E-state index is 11.4. The molecule has 0 aliphatic rings. The average Bonchev–Trinajstić information content (AvgIpc) is 2.74. The van der Waals surface area contributed by atoms with E-state index in [1.807, 2.05) is 19.2 Å². The van der Waals surface area contributed by atoms with Gasteiger partial charge in [-0.25, -0.2) is 9.78 Å². The maximum atomic E-state index is 11.4. The number of aromatic carboxylic acids is 1. The lowest BCUT2D eigenvalue weighted by Gasteiger charge is -2.25. The largest absolute Gasteiger partial charge is 0.477 e. The molecule has 21 heavy (non-hydrogen) atoms. The number of carbonyl (C=O) groups is 1. The van der Waals surface area contributed by atoms with Crippen LogP contribution in [0.25, 0.3) is 5.65 Å². The SMILES string of the molecule is CCCCN(CC)c1cn2c(C(=O)O)c(C)nc2cc1C. The summed E-state index contributed by atoms with van der Waals surface area (Å²) in [6.07, 6.45) is 4.18. The molecular formula is C16H23N3O2. The number of imidazole rings is 1. The van der Waals surface area contributed by atoms with Crippen molar-refractivity contribution in [3.63, 3.8) is 0 Å². The van der Waals surface area contributed by atoms with E-state index in [2.05, 4.69) is 23.7 Å². The van der Waals surface area contributed by atoms with Crippen LogP contribution in [0.4, 0.5) is 5.69 Å². The summed E-state index contributed by atoms with van der Waals surface area (Å²) < 4.78 is 1.69. The van der Waals surface area contributed by atoms with Gasteiger partial charge >= 0.3 is 5.97 Å². The van der Waals surface area contributed by atoms with Crippen molar-refractivity contribution in [2.24, 2.45) is 0 Å². The van der Waals surface area contributed by atoms with E-state index < -0.39 is 5.97 Å². The fourth-order valence-electron chi connectivity index (χ4n) is 2.68. The molecule has 5 heteroatoms. The smallest absolute Gasteiger partial charge is 0.354 e. The highest BCUT2D eigenvalue weighted by atomic mass is 16.4. The Balaban J connectivity index is 2.56. The molecule has 0 aromatic carbocycles. The van der Waals surface area contributed by atoms with Crippen LogP contribution in [0.15, 0.2) is 12.3 Å². The summed E-state index contributed by atoms with van der Waals surface area (Å²) in [5.41, 5.74) is 3.70. The van der Waals surface area contributed by atoms with Gasteiger partial charge in [0.25, 0.3) is 0 Å². The molecule has 0 radical (unpaired) electrons. The zero-order valence-electron chi connectivity index (χ0n) is 13.2. The first-order valence-corrected chi connectivity index (χ1v) is 7.47. The van der Waals surface area contributed by atoms with Gasteiger partial charge in [0, 0.05) is 19.3 Å². The lowest BCUT2D eigenvalue weighted by Crippen LogP contribution is -2.25. The number of anilines is 1. The maximum Gasteiger partial charge on any atom is 0.354 e. The third-order valence-electron chi connectivity index (χ3n) is 3.82. The molecule has 1 N–H and O–H groups in total. The van der Waals surface area contributed by atoms with Crippen LogP contribution in [0, 0.1) is 13.8 Å². The Hall–Kier alpha value is -2.04. The number of aryl methyl sites for hydroxylation is 2. The molecule has 2 aromatic rings. The van der Waals surface area contributed by atoms with E-state index in [4.69, 9.17) is 0 Å². The number of carboxylic acid groups (broad SMARTS) is 1. The predicted molar refractivity (Wildman–Crippen MR) is 84.4 cm³/mol. The molecule has 0 fully saturated rings. The second-order valence-electron chi connectivity index (χ2n) is 5.35. The molecule has 2 rings (SSSR count). The van der Waals surface area contributed by atoms with Crippen LogP contribution < -0.4 is 4.90 Å². The van der Waals surface area contributed by atoms with E-state index >= 15 is 0 Å². The highest BCUT2D eigenvalue weighted by Gasteiger charge is 2.18. The summed E-state index contributed by atoms with van der Waals surface area (Å²) >= 11 is 0. The van der Waals surface area contributed by atoms with Crippen LogP contribution in [0.2, 0.25) is 0 Å². The Morgan fingerprint density at radius 3 is 2.67 bits per heavy atom. The van der Waals surface area contributed by atoms with E-state index in [1.165, 1.54) is 0 Å². The zero-order chi connectivity index (χ0) is 15.6. The number of rotatable bonds is 6. The lowest BCUT2D eigenvalue weighted by molar-refractivity contribution is 0.0688. The number of pyridine rings is 1. The predicted octanol–water partition coefficient (Wildman–Crippen LogP) is 3.28. The Bertz CT molecular complexity index is 661. The van der Waals surface area contributed by atoms with Gasteiger partial charge < -0.3 is 10.0 Å². The van der Waals surface area contributed by atoms with Gasteiger partial charge in [-0.15, -0.1) is 0 Å². The van der Waals surface area contributed by atoms with Gasteiger partial charge in [0.15, 0.2) is 5.69 Å². The molecule has 0 aliphatic heterocycles. The van der Waals surface area contributed by atoms with Gasteiger partial charge in [-0.3, -0.25) is 4.40 Å². The van der Waals surface area contributed by atoms with Gasteiger partial charge in [0.1, 0.15) is 5.65 Å². The van der Waals surface area contributed by atoms with Gasteiger partial charge in [0.05, 0.1) is 11.4 Å². The molecular weight excluding hydrogens is 266 g/mol. The monoisotopic (exact) mass is 289 g/mol. The quantitative estimate of drug-likeness (QED) is 0.886. The average molecular weight is 289 g/mol. The molecule has 2 aromatic heterocycles. The highest BCUT2D eigenvalue weighted by molar-refractivity contribution is 5.88. The van der Waals surface area contributed by atoms with Crippen LogP contribution in [0.1, 0.15) is 48.4 Å². The summed E-state index contributed by atoms with van der Waals surface area (Å²) in [4.78, 5) is 18.1. The van der Waals surface area contributed by atoms with Crippen molar-refractivity contribution in [1.29, 1.82) is 0 Å². The van der Waals surface area contributed by atoms with Gasteiger partial charge in [0.2, 0.25) is 0 Å². The van der Waals surface area contributed by atoms with Crippen molar-refractivity contribution in [2.45, 2.75) is 40.5 Å². The molecule has 0 saturated carbocycles.